The topological polar surface area (TPSA) is 47.7 Å². The Morgan fingerprint density at radius 2 is 1.95 bits per heavy atom. The average Bonchev–Trinajstić information content (AvgIpc) is 3.25. The fraction of sp³-hybridized carbons (Fsp3) is 0.600. The van der Waals surface area contributed by atoms with E-state index in [1.54, 1.807) is 7.11 Å². The number of hydrogen-bond donors (Lipinski definition) is 1. The summed E-state index contributed by atoms with van der Waals surface area (Å²) >= 11 is 0. The Labute approximate surface area is 127 Å². The van der Waals surface area contributed by atoms with Gasteiger partial charge in [-0.15, -0.1) is 12.4 Å². The number of ether oxygens (including phenoxy) is 2. The molecule has 1 aromatic carbocycles. The minimum absolute atomic E-state index is 0. The van der Waals surface area contributed by atoms with E-state index in [2.05, 4.69) is 11.9 Å². The van der Waals surface area contributed by atoms with Gasteiger partial charge in [0.05, 0.1) is 7.11 Å². The van der Waals surface area contributed by atoms with Crippen LogP contribution in [0.1, 0.15) is 12.8 Å². The van der Waals surface area contributed by atoms with Gasteiger partial charge in [-0.25, -0.2) is 0 Å². The molecule has 0 heterocycles. The molecule has 1 aliphatic rings. The van der Waals surface area contributed by atoms with E-state index in [0.717, 1.165) is 30.5 Å². The fourth-order valence-corrected chi connectivity index (χ4v) is 2.42. The van der Waals surface area contributed by atoms with Crippen molar-refractivity contribution in [1.29, 1.82) is 0 Å². The van der Waals surface area contributed by atoms with Crippen LogP contribution < -0.4 is 15.2 Å². The summed E-state index contributed by atoms with van der Waals surface area (Å²) in [4.78, 5) is 2.31. The average molecular weight is 301 g/mol. The first-order valence-corrected chi connectivity index (χ1v) is 6.92. The molecule has 0 radical (unpaired) electrons. The van der Waals surface area contributed by atoms with Gasteiger partial charge in [0.2, 0.25) is 0 Å². The van der Waals surface area contributed by atoms with E-state index in [1.807, 2.05) is 24.3 Å². The third kappa shape index (κ3) is 4.54. The van der Waals surface area contributed by atoms with E-state index >= 15 is 0 Å². The van der Waals surface area contributed by atoms with Crippen molar-refractivity contribution < 1.29 is 9.47 Å². The summed E-state index contributed by atoms with van der Waals surface area (Å²) in [5, 5.41) is 0. The fourth-order valence-electron chi connectivity index (χ4n) is 2.42. The zero-order valence-corrected chi connectivity index (χ0v) is 13.1. The molecule has 1 saturated carbocycles. The van der Waals surface area contributed by atoms with Crippen LogP contribution >= 0.6 is 12.4 Å². The molecule has 0 amide bonds. The zero-order chi connectivity index (χ0) is 13.7. The highest BCUT2D eigenvalue weighted by Crippen LogP contribution is 2.34. The molecule has 1 atom stereocenters. The maximum atomic E-state index is 5.84. The second-order valence-electron chi connectivity index (χ2n) is 5.12. The van der Waals surface area contributed by atoms with Crippen LogP contribution in [0.15, 0.2) is 24.3 Å². The normalized spacial score (nSPS) is 15.6. The molecule has 5 heteroatoms. The lowest BCUT2D eigenvalue weighted by Crippen LogP contribution is -2.41. The number of methoxy groups -OCH3 is 1. The number of hydrogen-bond acceptors (Lipinski definition) is 4. The predicted molar refractivity (Wildman–Crippen MR) is 83.9 cm³/mol. The van der Waals surface area contributed by atoms with E-state index in [4.69, 9.17) is 15.2 Å². The van der Waals surface area contributed by atoms with Crippen LogP contribution in [0.3, 0.4) is 0 Å². The largest absolute Gasteiger partial charge is 0.493 e. The van der Waals surface area contributed by atoms with Gasteiger partial charge >= 0.3 is 0 Å². The second-order valence-corrected chi connectivity index (χ2v) is 5.12. The molecule has 0 aromatic heterocycles. The maximum absolute atomic E-state index is 5.84. The number of rotatable bonds is 8. The van der Waals surface area contributed by atoms with Crippen LogP contribution in [0, 0.1) is 5.92 Å². The number of likely N-dealkylation sites (N-methyl/N-ethyl adjacent to an activating group) is 1. The van der Waals surface area contributed by atoms with E-state index in [0.29, 0.717) is 12.6 Å². The van der Waals surface area contributed by atoms with Crippen molar-refractivity contribution in [2.75, 3.05) is 33.9 Å². The van der Waals surface area contributed by atoms with Gasteiger partial charge in [-0.1, -0.05) is 12.1 Å². The van der Waals surface area contributed by atoms with E-state index in [1.165, 1.54) is 12.8 Å². The molecule has 1 aromatic rings. The lowest BCUT2D eigenvalue weighted by atomic mass is 10.1. The third-order valence-electron chi connectivity index (χ3n) is 3.74. The number of para-hydroxylation sites is 2. The van der Waals surface area contributed by atoms with Crippen molar-refractivity contribution in [1.82, 2.24) is 4.90 Å². The van der Waals surface area contributed by atoms with Crippen molar-refractivity contribution in [3.63, 3.8) is 0 Å². The maximum Gasteiger partial charge on any atom is 0.161 e. The summed E-state index contributed by atoms with van der Waals surface area (Å²) in [5.74, 6) is 2.37. The molecule has 2 rings (SSSR count). The standard InChI is InChI=1S/C15H24N2O2.ClH/c1-17(13(11-16)12-7-8-12)9-10-19-15-6-4-3-5-14(15)18-2;/h3-6,12-13H,7-11,16H2,1-2H3;1H. The molecule has 114 valence electrons. The summed E-state index contributed by atoms with van der Waals surface area (Å²) in [5.41, 5.74) is 5.84. The summed E-state index contributed by atoms with van der Waals surface area (Å²) in [6.07, 6.45) is 2.64. The van der Waals surface area contributed by atoms with Gasteiger partial charge in [0.15, 0.2) is 11.5 Å². The Morgan fingerprint density at radius 3 is 2.50 bits per heavy atom. The van der Waals surface area contributed by atoms with Crippen molar-refractivity contribution in [2.24, 2.45) is 11.7 Å². The third-order valence-corrected chi connectivity index (χ3v) is 3.74. The van der Waals surface area contributed by atoms with Gasteiger partial charge in [0, 0.05) is 19.1 Å². The minimum atomic E-state index is 0. The summed E-state index contributed by atoms with van der Waals surface area (Å²) < 4.78 is 11.0. The highest BCUT2D eigenvalue weighted by molar-refractivity contribution is 5.85. The van der Waals surface area contributed by atoms with Gasteiger partial charge in [0.25, 0.3) is 0 Å². The smallest absolute Gasteiger partial charge is 0.161 e. The summed E-state index contributed by atoms with van der Waals surface area (Å²) in [6.45, 7) is 2.27. The van der Waals surface area contributed by atoms with E-state index in [-0.39, 0.29) is 12.4 Å². The Bertz CT molecular complexity index is 399. The predicted octanol–water partition coefficient (Wildman–Crippen LogP) is 2.16. The number of nitrogens with zero attached hydrogens (tertiary/aromatic N) is 1. The summed E-state index contributed by atoms with van der Waals surface area (Å²) in [6, 6.07) is 8.23. The van der Waals surface area contributed by atoms with Crippen LogP contribution in [-0.2, 0) is 0 Å². The van der Waals surface area contributed by atoms with E-state index in [9.17, 15) is 0 Å². The highest BCUT2D eigenvalue weighted by atomic mass is 35.5. The first-order chi connectivity index (χ1) is 9.26. The van der Waals surface area contributed by atoms with Crippen molar-refractivity contribution in [3.8, 4) is 11.5 Å². The lowest BCUT2D eigenvalue weighted by molar-refractivity contribution is 0.177. The SMILES string of the molecule is COc1ccccc1OCCN(C)C(CN)C1CC1.Cl. The molecule has 20 heavy (non-hydrogen) atoms. The van der Waals surface area contributed by atoms with Crippen LogP contribution in [-0.4, -0.2) is 44.8 Å². The molecule has 4 nitrogen and oxygen atoms in total. The van der Waals surface area contributed by atoms with Gasteiger partial charge in [-0.05, 0) is 37.9 Å². The molecule has 0 bridgehead atoms. The number of halogens is 1. The Morgan fingerprint density at radius 1 is 1.30 bits per heavy atom. The molecular formula is C15H25ClN2O2. The number of benzene rings is 1. The lowest BCUT2D eigenvalue weighted by Gasteiger charge is -2.26. The molecule has 1 aliphatic carbocycles. The first-order valence-electron chi connectivity index (χ1n) is 6.92. The van der Waals surface area contributed by atoms with Crippen molar-refractivity contribution >= 4 is 12.4 Å². The minimum Gasteiger partial charge on any atom is -0.493 e. The molecular weight excluding hydrogens is 276 g/mol. The Balaban J connectivity index is 0.00000200. The second kappa shape index (κ2) is 8.35. The molecule has 0 spiro atoms. The number of nitrogens with two attached hydrogens (primary N) is 1. The molecule has 1 fully saturated rings. The first kappa shape index (κ1) is 17.1. The van der Waals surface area contributed by atoms with Gasteiger partial charge in [-0.2, -0.15) is 0 Å². The van der Waals surface area contributed by atoms with Crippen molar-refractivity contribution in [2.45, 2.75) is 18.9 Å². The van der Waals surface area contributed by atoms with Crippen LogP contribution in [0.25, 0.3) is 0 Å². The Hall–Kier alpha value is -0.970. The highest BCUT2D eigenvalue weighted by Gasteiger charge is 2.32. The monoisotopic (exact) mass is 300 g/mol. The van der Waals surface area contributed by atoms with Crippen LogP contribution in [0.5, 0.6) is 11.5 Å². The molecule has 0 saturated heterocycles. The van der Waals surface area contributed by atoms with Crippen LogP contribution in [0.2, 0.25) is 0 Å². The molecule has 2 N–H and O–H groups in total. The zero-order valence-electron chi connectivity index (χ0n) is 12.2. The Kier molecular flexibility index (Phi) is 7.13. The van der Waals surface area contributed by atoms with Gasteiger partial charge in [-0.3, -0.25) is 4.90 Å². The molecule has 1 unspecified atom stereocenters. The van der Waals surface area contributed by atoms with Crippen LogP contribution in [0.4, 0.5) is 0 Å². The van der Waals surface area contributed by atoms with Gasteiger partial charge in [0.1, 0.15) is 6.61 Å². The molecule has 0 aliphatic heterocycles. The van der Waals surface area contributed by atoms with Gasteiger partial charge < -0.3 is 15.2 Å². The van der Waals surface area contributed by atoms with Crippen molar-refractivity contribution in [3.05, 3.63) is 24.3 Å². The van der Waals surface area contributed by atoms with E-state index < -0.39 is 0 Å². The summed E-state index contributed by atoms with van der Waals surface area (Å²) in [7, 11) is 3.79. The quantitative estimate of drug-likeness (QED) is 0.799.